The molecule has 1 aliphatic heterocycles. The van der Waals surface area contributed by atoms with Gasteiger partial charge in [0.15, 0.2) is 0 Å². The lowest BCUT2D eigenvalue weighted by molar-refractivity contribution is 0.00578. The van der Waals surface area contributed by atoms with Crippen LogP contribution < -0.4 is 5.46 Å². The normalized spacial score (nSPS) is 20.9. The van der Waals surface area contributed by atoms with E-state index in [2.05, 4.69) is 0 Å². The Morgan fingerprint density at radius 1 is 1.00 bits per heavy atom. The monoisotopic (exact) mass is 286 g/mol. The lowest BCUT2D eigenvalue weighted by Gasteiger charge is -2.32. The van der Waals surface area contributed by atoms with E-state index in [1.165, 1.54) is 23.9 Å². The highest BCUT2D eigenvalue weighted by molar-refractivity contribution is 7.98. The van der Waals surface area contributed by atoms with Crippen molar-refractivity contribution in [3.63, 3.8) is 0 Å². The Hall–Kier alpha value is -0.585. The molecule has 0 saturated carbocycles. The first kappa shape index (κ1) is 14.8. The minimum Gasteiger partial charge on any atom is -0.399 e. The first-order valence-electron chi connectivity index (χ1n) is 6.06. The van der Waals surface area contributed by atoms with E-state index in [4.69, 9.17) is 9.31 Å². The molecular formula is C13H17BF2O2S. The summed E-state index contributed by atoms with van der Waals surface area (Å²) in [6, 6.07) is 2.60. The summed E-state index contributed by atoms with van der Waals surface area (Å²) in [5.74, 6) is -1.27. The van der Waals surface area contributed by atoms with Crippen LogP contribution in [0.2, 0.25) is 0 Å². The second-order valence-electron chi connectivity index (χ2n) is 5.59. The SMILES string of the molecule is CSc1cc(F)c(B2OC(C)(C)C(C)(C)O2)c(F)c1. The van der Waals surface area contributed by atoms with Gasteiger partial charge in [0.1, 0.15) is 11.6 Å². The highest BCUT2D eigenvalue weighted by Gasteiger charge is 2.53. The van der Waals surface area contributed by atoms with Crippen molar-refractivity contribution in [2.24, 2.45) is 0 Å². The van der Waals surface area contributed by atoms with Crippen molar-refractivity contribution in [1.29, 1.82) is 0 Å². The Morgan fingerprint density at radius 2 is 1.42 bits per heavy atom. The zero-order valence-corrected chi connectivity index (χ0v) is 12.5. The van der Waals surface area contributed by atoms with Gasteiger partial charge >= 0.3 is 7.12 Å². The maximum absolute atomic E-state index is 14.0. The van der Waals surface area contributed by atoms with Crippen LogP contribution >= 0.6 is 11.8 Å². The number of rotatable bonds is 2. The van der Waals surface area contributed by atoms with E-state index in [9.17, 15) is 8.78 Å². The third kappa shape index (κ3) is 2.53. The number of thioether (sulfide) groups is 1. The largest absolute Gasteiger partial charge is 0.500 e. The Morgan fingerprint density at radius 3 is 1.79 bits per heavy atom. The molecule has 1 aromatic rings. The third-order valence-electron chi connectivity index (χ3n) is 3.78. The molecule has 6 heteroatoms. The highest BCUT2D eigenvalue weighted by Crippen LogP contribution is 2.37. The van der Waals surface area contributed by atoms with Crippen LogP contribution in [-0.4, -0.2) is 24.6 Å². The molecule has 1 fully saturated rings. The van der Waals surface area contributed by atoms with E-state index < -0.39 is 30.0 Å². The zero-order valence-electron chi connectivity index (χ0n) is 11.7. The van der Waals surface area contributed by atoms with Crippen molar-refractivity contribution in [3.05, 3.63) is 23.8 Å². The predicted octanol–water partition coefficient (Wildman–Crippen LogP) is 2.99. The Kier molecular flexibility index (Phi) is 3.71. The minimum atomic E-state index is -1.01. The molecule has 1 aliphatic rings. The second kappa shape index (κ2) is 4.75. The maximum atomic E-state index is 14.0. The van der Waals surface area contributed by atoms with Crippen LogP contribution in [0.15, 0.2) is 17.0 Å². The smallest absolute Gasteiger partial charge is 0.399 e. The van der Waals surface area contributed by atoms with Gasteiger partial charge in [0.25, 0.3) is 0 Å². The van der Waals surface area contributed by atoms with Gasteiger partial charge in [0, 0.05) is 4.90 Å². The van der Waals surface area contributed by atoms with E-state index in [1.54, 1.807) is 6.26 Å². The molecule has 0 atom stereocenters. The van der Waals surface area contributed by atoms with E-state index in [0.29, 0.717) is 4.90 Å². The van der Waals surface area contributed by atoms with Crippen LogP contribution in [0.3, 0.4) is 0 Å². The fourth-order valence-electron chi connectivity index (χ4n) is 1.86. The van der Waals surface area contributed by atoms with Crippen LogP contribution in [-0.2, 0) is 9.31 Å². The van der Waals surface area contributed by atoms with E-state index in [0.717, 1.165) is 0 Å². The van der Waals surface area contributed by atoms with Gasteiger partial charge in [-0.1, -0.05) is 0 Å². The summed E-state index contributed by atoms with van der Waals surface area (Å²) in [6.07, 6.45) is 1.77. The minimum absolute atomic E-state index is 0.156. The molecule has 0 radical (unpaired) electrons. The Bertz CT molecular complexity index is 466. The zero-order chi connectivity index (χ0) is 14.4. The molecule has 0 bridgehead atoms. The van der Waals surface area contributed by atoms with Crippen molar-refractivity contribution in [3.8, 4) is 0 Å². The molecule has 0 unspecified atom stereocenters. The van der Waals surface area contributed by atoms with Crippen molar-refractivity contribution in [1.82, 2.24) is 0 Å². The number of hydrogen-bond acceptors (Lipinski definition) is 3. The fourth-order valence-corrected chi connectivity index (χ4v) is 2.31. The van der Waals surface area contributed by atoms with Crippen LogP contribution in [0, 0.1) is 11.6 Å². The summed E-state index contributed by atoms with van der Waals surface area (Å²) >= 11 is 1.29. The number of halogens is 2. The molecular weight excluding hydrogens is 269 g/mol. The van der Waals surface area contributed by atoms with Gasteiger partial charge in [-0.05, 0) is 46.1 Å². The van der Waals surface area contributed by atoms with Gasteiger partial charge in [-0.25, -0.2) is 8.78 Å². The van der Waals surface area contributed by atoms with Gasteiger partial charge in [-0.2, -0.15) is 0 Å². The topological polar surface area (TPSA) is 18.5 Å². The lowest BCUT2D eigenvalue weighted by atomic mass is 9.78. The van der Waals surface area contributed by atoms with Gasteiger partial charge in [-0.15, -0.1) is 11.8 Å². The van der Waals surface area contributed by atoms with Crippen LogP contribution in [0.5, 0.6) is 0 Å². The predicted molar refractivity (Wildman–Crippen MR) is 73.9 cm³/mol. The van der Waals surface area contributed by atoms with Gasteiger partial charge in [0.05, 0.1) is 16.7 Å². The Labute approximate surface area is 117 Å². The number of benzene rings is 1. The van der Waals surface area contributed by atoms with Gasteiger partial charge < -0.3 is 9.31 Å². The second-order valence-corrected chi connectivity index (χ2v) is 6.47. The summed E-state index contributed by atoms with van der Waals surface area (Å²) in [5.41, 5.74) is -1.39. The first-order chi connectivity index (χ1) is 8.68. The number of hydrogen-bond donors (Lipinski definition) is 0. The summed E-state index contributed by atoms with van der Waals surface area (Å²) in [5, 5.41) is 0. The van der Waals surface area contributed by atoms with Crippen molar-refractivity contribution in [2.45, 2.75) is 43.8 Å². The molecule has 19 heavy (non-hydrogen) atoms. The molecule has 0 N–H and O–H groups in total. The highest BCUT2D eigenvalue weighted by atomic mass is 32.2. The molecule has 2 rings (SSSR count). The van der Waals surface area contributed by atoms with Gasteiger partial charge in [0.2, 0.25) is 0 Å². The molecule has 0 aromatic heterocycles. The van der Waals surface area contributed by atoms with E-state index in [-0.39, 0.29) is 5.46 Å². The molecule has 1 heterocycles. The first-order valence-corrected chi connectivity index (χ1v) is 7.29. The quantitative estimate of drug-likeness (QED) is 0.615. The molecule has 0 aliphatic carbocycles. The van der Waals surface area contributed by atoms with Crippen LogP contribution in [0.4, 0.5) is 8.78 Å². The molecule has 1 aromatic carbocycles. The van der Waals surface area contributed by atoms with Crippen molar-refractivity contribution in [2.75, 3.05) is 6.26 Å². The maximum Gasteiger partial charge on any atom is 0.500 e. The molecule has 0 spiro atoms. The van der Waals surface area contributed by atoms with Crippen molar-refractivity contribution < 1.29 is 18.1 Å². The summed E-state index contributed by atoms with van der Waals surface area (Å²) in [7, 11) is -1.01. The van der Waals surface area contributed by atoms with Crippen LogP contribution in [0.1, 0.15) is 27.7 Å². The average molecular weight is 286 g/mol. The molecule has 2 nitrogen and oxygen atoms in total. The average Bonchev–Trinajstić information content (AvgIpc) is 2.46. The molecule has 0 amide bonds. The van der Waals surface area contributed by atoms with E-state index >= 15 is 0 Å². The van der Waals surface area contributed by atoms with Crippen LogP contribution in [0.25, 0.3) is 0 Å². The summed E-state index contributed by atoms with van der Waals surface area (Å²) < 4.78 is 39.4. The van der Waals surface area contributed by atoms with E-state index in [1.807, 2.05) is 27.7 Å². The van der Waals surface area contributed by atoms with Crippen molar-refractivity contribution >= 4 is 24.3 Å². The summed E-state index contributed by atoms with van der Waals surface area (Å²) in [4.78, 5) is 0.537. The van der Waals surface area contributed by atoms with Gasteiger partial charge in [-0.3, -0.25) is 0 Å². The standard InChI is InChI=1S/C13H17BF2O2S/c1-12(2)13(3,4)18-14(17-12)11-9(15)6-8(19-5)7-10(11)16/h6-7H,1-5H3. The third-order valence-corrected chi connectivity index (χ3v) is 4.48. The lowest BCUT2D eigenvalue weighted by Crippen LogP contribution is -2.41. The summed E-state index contributed by atoms with van der Waals surface area (Å²) in [6.45, 7) is 7.39. The Balaban J connectivity index is 2.40. The molecule has 104 valence electrons. The molecule has 1 saturated heterocycles. The fraction of sp³-hybridized carbons (Fsp3) is 0.538.